The van der Waals surface area contributed by atoms with Crippen molar-refractivity contribution in [3.8, 4) is 0 Å². The summed E-state index contributed by atoms with van der Waals surface area (Å²) in [7, 11) is 0. The summed E-state index contributed by atoms with van der Waals surface area (Å²) >= 11 is 0. The van der Waals surface area contributed by atoms with Crippen LogP contribution in [0.1, 0.15) is 11.1 Å². The Bertz CT molecular complexity index is 566. The molecule has 0 saturated carbocycles. The van der Waals surface area contributed by atoms with Crippen LogP contribution in [0.5, 0.6) is 0 Å². The van der Waals surface area contributed by atoms with E-state index in [4.69, 9.17) is 5.21 Å². The summed E-state index contributed by atoms with van der Waals surface area (Å²) in [5.41, 5.74) is 2.45. The number of oxime groups is 1. The van der Waals surface area contributed by atoms with E-state index in [-0.39, 0.29) is 17.1 Å². The van der Waals surface area contributed by atoms with Gasteiger partial charge in [0.05, 0.1) is 0 Å². The molecular weight excluding hydrogens is 290 g/mol. The molecule has 0 atom stereocenters. The monoisotopic (exact) mass is 305 g/mol. The number of hydrogen-bond donors (Lipinski definition) is 1. The predicted octanol–water partition coefficient (Wildman–Crippen LogP) is 4.04. The summed E-state index contributed by atoms with van der Waals surface area (Å²) in [5.74, 6) is 0. The van der Waals surface area contributed by atoms with Gasteiger partial charge in [0.2, 0.25) is 0 Å². The third-order valence-electron chi connectivity index (χ3n) is 2.64. The van der Waals surface area contributed by atoms with Crippen molar-refractivity contribution in [2.45, 2.75) is 0 Å². The van der Waals surface area contributed by atoms with Crippen molar-refractivity contribution in [1.29, 1.82) is 0 Å². The minimum atomic E-state index is 0. The van der Waals surface area contributed by atoms with Crippen LogP contribution >= 0.6 is 0 Å². The second kappa shape index (κ2) is 8.92. The Kier molecular flexibility index (Phi) is 7.12. The molecule has 0 fully saturated rings. The van der Waals surface area contributed by atoms with Gasteiger partial charge in [0, 0.05) is 22.8 Å². The van der Waals surface area contributed by atoms with Gasteiger partial charge in [-0.05, 0) is 0 Å². The zero-order chi connectivity index (χ0) is 13.3. The van der Waals surface area contributed by atoms with Gasteiger partial charge in [0.1, 0.15) is 0 Å². The minimum Gasteiger partial charge on any atom is -0.748 e. The second-order valence-electron chi connectivity index (χ2n) is 3.95. The molecule has 0 heterocycles. The van der Waals surface area contributed by atoms with Crippen LogP contribution in [0.15, 0.2) is 90.1 Å². The molecule has 20 heavy (non-hydrogen) atoms. The van der Waals surface area contributed by atoms with Gasteiger partial charge >= 0.3 is 0 Å². The molecule has 0 radical (unpaired) electrons. The van der Waals surface area contributed by atoms with E-state index in [1.54, 1.807) is 0 Å². The third-order valence-corrected chi connectivity index (χ3v) is 2.64. The molecule has 0 aromatic heterocycles. The molecule has 1 N–H and O–H groups in total. The molecule has 0 unspecified atom stereocenters. The van der Waals surface area contributed by atoms with Crippen LogP contribution in [0.3, 0.4) is 0 Å². The summed E-state index contributed by atoms with van der Waals surface area (Å²) in [6.07, 6.45) is 0. The quantitative estimate of drug-likeness (QED) is 0.250. The number of benzene rings is 1. The molecule has 108 valence electrons. The molecule has 3 heteroatoms. The molecule has 0 aliphatic heterocycles. The second-order valence-corrected chi connectivity index (χ2v) is 3.95. The normalized spacial score (nSPS) is 10.1. The minimum absolute atomic E-state index is 0. The zero-order valence-corrected chi connectivity index (χ0v) is 11.9. The first kappa shape index (κ1) is 16.0. The van der Waals surface area contributed by atoms with Crippen molar-refractivity contribution in [2.75, 3.05) is 0 Å². The van der Waals surface area contributed by atoms with Crippen molar-refractivity contribution in [2.24, 2.45) is 5.16 Å². The van der Waals surface area contributed by atoms with Gasteiger partial charge in [0.15, 0.2) is 0 Å². The Morgan fingerprint density at radius 3 is 1.80 bits per heavy atom. The predicted molar refractivity (Wildman–Crippen MR) is 77.9 cm³/mol. The molecule has 0 spiro atoms. The Morgan fingerprint density at radius 2 is 1.35 bits per heavy atom. The Balaban J connectivity index is 0.000000283. The largest absolute Gasteiger partial charge is 0.748 e. The van der Waals surface area contributed by atoms with Crippen molar-refractivity contribution in [1.82, 2.24) is 0 Å². The van der Waals surface area contributed by atoms with Crippen LogP contribution in [0.4, 0.5) is 0 Å². The van der Waals surface area contributed by atoms with Gasteiger partial charge in [-0.3, -0.25) is 0 Å². The van der Waals surface area contributed by atoms with E-state index < -0.39 is 0 Å². The maximum absolute atomic E-state index is 8.94. The van der Waals surface area contributed by atoms with Crippen LogP contribution in [0.25, 0.3) is 0 Å². The van der Waals surface area contributed by atoms with Crippen molar-refractivity contribution < 1.29 is 22.3 Å². The summed E-state index contributed by atoms with van der Waals surface area (Å²) in [6, 6.07) is 27.3. The van der Waals surface area contributed by atoms with Gasteiger partial charge < -0.3 is 35.5 Å². The third kappa shape index (κ3) is 4.54. The summed E-state index contributed by atoms with van der Waals surface area (Å²) < 4.78 is 0. The van der Waals surface area contributed by atoms with Crippen LogP contribution in [0, 0.1) is 0 Å². The molecule has 3 aromatic rings. The van der Waals surface area contributed by atoms with Gasteiger partial charge in [-0.15, -0.1) is 17.3 Å². The van der Waals surface area contributed by atoms with Crippen LogP contribution in [0.2, 0.25) is 0 Å². The average molecular weight is 305 g/mol. The van der Waals surface area contributed by atoms with E-state index in [0.717, 1.165) is 11.1 Å². The van der Waals surface area contributed by atoms with Gasteiger partial charge in [-0.1, -0.05) is 41.5 Å². The molecule has 0 aliphatic carbocycles. The van der Waals surface area contributed by atoms with Crippen molar-refractivity contribution >= 4 is 5.71 Å². The Labute approximate surface area is 129 Å². The summed E-state index contributed by atoms with van der Waals surface area (Å²) in [6.45, 7) is 0. The maximum Gasteiger partial charge on any atom is 0.0353 e. The number of nitrogens with zero attached hydrogens (tertiary/aromatic N) is 1. The van der Waals surface area contributed by atoms with E-state index in [0.29, 0.717) is 5.71 Å². The fourth-order valence-electron chi connectivity index (χ4n) is 1.73. The molecule has 0 amide bonds. The summed E-state index contributed by atoms with van der Waals surface area (Å²) in [5, 5.41) is 12.3. The molecule has 2 nitrogen and oxygen atoms in total. The fourth-order valence-corrected chi connectivity index (χ4v) is 1.73. The zero-order valence-electron chi connectivity index (χ0n) is 10.8. The van der Waals surface area contributed by atoms with E-state index in [2.05, 4.69) is 5.16 Å². The molecule has 0 bridgehead atoms. The Hall–Kier alpha value is -2.09. The van der Waals surface area contributed by atoms with Crippen molar-refractivity contribution in [3.05, 3.63) is 96.1 Å². The SMILES string of the molecule is O/N=C(/c1ccccc1)[c-]1cccc1.[Fe].[cH-]1[cH-][cH-][cH-][cH-]1. The fraction of sp³-hybridized carbons (Fsp3) is 0. The smallest absolute Gasteiger partial charge is 0.0353 e. The average Bonchev–Trinajstić information content (AvgIpc) is 3.17. The molecule has 0 aliphatic rings. The van der Waals surface area contributed by atoms with Crippen molar-refractivity contribution in [3.63, 3.8) is 0 Å². The standard InChI is InChI=1S/C12H10NO.C5H5.Fe/c14-13-12(11-8-4-5-9-11)10-6-2-1-3-7-10;1-2-4-5-3-1;/h1-9,14H;1-5H;/q-1;-5;/b13-12-;;. The number of hydrogen-bond acceptors (Lipinski definition) is 2. The van der Waals surface area contributed by atoms with E-state index in [1.165, 1.54) is 0 Å². The molecule has 3 rings (SSSR count). The van der Waals surface area contributed by atoms with E-state index in [1.807, 2.05) is 84.9 Å². The van der Waals surface area contributed by atoms with E-state index in [9.17, 15) is 0 Å². The van der Waals surface area contributed by atoms with Crippen LogP contribution in [-0.4, -0.2) is 10.9 Å². The van der Waals surface area contributed by atoms with Crippen LogP contribution in [-0.2, 0) is 17.1 Å². The Morgan fingerprint density at radius 1 is 0.850 bits per heavy atom. The first-order valence-corrected chi connectivity index (χ1v) is 6.08. The molecule has 3 aromatic carbocycles. The molecule has 0 saturated heterocycles. The van der Waals surface area contributed by atoms with Crippen LogP contribution < -0.4 is 0 Å². The topological polar surface area (TPSA) is 32.6 Å². The van der Waals surface area contributed by atoms with Gasteiger partial charge in [0.25, 0.3) is 0 Å². The molecular formula is C17H15FeNO-6. The maximum atomic E-state index is 8.94. The summed E-state index contributed by atoms with van der Waals surface area (Å²) in [4.78, 5) is 0. The first-order chi connectivity index (χ1) is 9.42. The van der Waals surface area contributed by atoms with Gasteiger partial charge in [-0.2, -0.15) is 12.1 Å². The van der Waals surface area contributed by atoms with Gasteiger partial charge in [-0.25, -0.2) is 0 Å². The number of rotatable bonds is 2. The first-order valence-electron chi connectivity index (χ1n) is 6.08. The van der Waals surface area contributed by atoms with E-state index >= 15 is 0 Å².